The van der Waals surface area contributed by atoms with Gasteiger partial charge in [-0.25, -0.2) is 0 Å². The molecule has 2 rings (SSSR count). The molecule has 114 valence electrons. The van der Waals surface area contributed by atoms with Gasteiger partial charge in [-0.3, -0.25) is 0 Å². The van der Waals surface area contributed by atoms with Gasteiger partial charge in [0, 0.05) is 6.42 Å². The molecule has 4 N–H and O–H groups in total. The third kappa shape index (κ3) is 4.95. The fourth-order valence-electron chi connectivity index (χ4n) is 1.98. The molecule has 0 spiro atoms. The zero-order chi connectivity index (χ0) is 14.7. The van der Waals surface area contributed by atoms with Gasteiger partial charge in [-0.05, 0) is 68.4 Å². The van der Waals surface area contributed by atoms with E-state index in [2.05, 4.69) is 45.2 Å². The maximum atomic E-state index is 10.3. The van der Waals surface area contributed by atoms with Crippen LogP contribution in [0.25, 0.3) is 0 Å². The fourth-order valence-corrected chi connectivity index (χ4v) is 3.80. The van der Waals surface area contributed by atoms with E-state index >= 15 is 0 Å². The van der Waals surface area contributed by atoms with Gasteiger partial charge in [0.2, 0.25) is 0 Å². The summed E-state index contributed by atoms with van der Waals surface area (Å²) in [6.07, 6.45) is -0.149. The monoisotopic (exact) mass is 531 g/mol. The van der Waals surface area contributed by atoms with Crippen LogP contribution in [0.2, 0.25) is 0 Å². The minimum absolute atomic E-state index is 0. The normalized spacial score (nSPS) is 13.3. The summed E-state index contributed by atoms with van der Waals surface area (Å²) in [5.41, 5.74) is 8.02. The molecule has 0 aliphatic carbocycles. The highest BCUT2D eigenvalue weighted by atomic mass is 127. The maximum Gasteiger partial charge on any atom is 0.142 e. The van der Waals surface area contributed by atoms with Crippen molar-refractivity contribution in [1.29, 1.82) is 0 Å². The lowest BCUT2D eigenvalue weighted by molar-refractivity contribution is 0.145. The summed E-state index contributed by atoms with van der Waals surface area (Å²) in [6, 6.07) is 12.9. The van der Waals surface area contributed by atoms with Crippen LogP contribution in [-0.4, -0.2) is 16.3 Å². The first-order chi connectivity index (χ1) is 9.49. The Balaban J connectivity index is 0.00000220. The van der Waals surface area contributed by atoms with Crippen LogP contribution in [0.1, 0.15) is 17.2 Å². The minimum atomic E-state index is -0.659. The van der Waals surface area contributed by atoms with Crippen molar-refractivity contribution in [1.82, 2.24) is 0 Å². The summed E-state index contributed by atoms with van der Waals surface area (Å²) in [7, 11) is 0. The molecule has 0 amide bonds. The number of phenols is 1. The molecule has 0 bridgehead atoms. The second-order valence-electron chi connectivity index (χ2n) is 4.62. The van der Waals surface area contributed by atoms with E-state index in [4.69, 9.17) is 5.73 Å². The Hall–Kier alpha value is -0.0900. The van der Waals surface area contributed by atoms with E-state index in [9.17, 15) is 10.2 Å². The Morgan fingerprint density at radius 3 is 2.10 bits per heavy atom. The molecule has 6 heteroatoms. The first-order valence-corrected chi connectivity index (χ1v) is 8.30. The Morgan fingerprint density at radius 1 is 1.05 bits per heavy atom. The number of aromatic hydroxyl groups is 1. The molecule has 0 radical (unpaired) electrons. The molecule has 0 heterocycles. The van der Waals surface area contributed by atoms with Gasteiger partial charge in [0.15, 0.2) is 0 Å². The number of halogens is 3. The van der Waals surface area contributed by atoms with Crippen LogP contribution in [0.3, 0.4) is 0 Å². The quantitative estimate of drug-likeness (QED) is 0.528. The molecule has 0 unspecified atom stereocenters. The summed E-state index contributed by atoms with van der Waals surface area (Å²) in [5.74, 6) is 0.264. The molecule has 0 aromatic heterocycles. The highest BCUT2D eigenvalue weighted by Crippen LogP contribution is 2.30. The van der Waals surface area contributed by atoms with Gasteiger partial charge in [-0.2, -0.15) is 0 Å². The molecule has 0 aliphatic heterocycles. The van der Waals surface area contributed by atoms with E-state index in [0.717, 1.165) is 18.3 Å². The smallest absolute Gasteiger partial charge is 0.142 e. The number of hydrogen-bond donors (Lipinski definition) is 3. The fraction of sp³-hybridized carbons (Fsp3) is 0.200. The summed E-state index contributed by atoms with van der Waals surface area (Å²) < 4.78 is 1.48. The third-order valence-electron chi connectivity index (χ3n) is 3.13. The van der Waals surface area contributed by atoms with Crippen LogP contribution in [-0.2, 0) is 6.42 Å². The lowest BCUT2D eigenvalue weighted by Gasteiger charge is -2.20. The zero-order valence-electron chi connectivity index (χ0n) is 11.0. The minimum Gasteiger partial charge on any atom is -0.506 e. The predicted octanol–water partition coefficient (Wildman–Crippen LogP) is 3.63. The summed E-state index contributed by atoms with van der Waals surface area (Å²) in [5, 5.41) is 20.1. The van der Waals surface area contributed by atoms with Crippen molar-refractivity contribution in [3.05, 3.63) is 60.7 Å². The van der Waals surface area contributed by atoms with Gasteiger partial charge in [0.05, 0.1) is 19.3 Å². The SMILES string of the molecule is Cl.N[C@H](c1cc(I)c(O)c(I)c1)[C@@H](O)Cc1ccccc1. The average Bonchev–Trinajstić information content (AvgIpc) is 2.44. The standard InChI is InChI=1S/C15H15I2NO2.ClH/c16-11-7-10(8-12(17)15(11)20)14(18)13(19)6-9-4-2-1-3-5-9;/h1-5,7-8,13-14,19-20H,6,18H2;1H/t13-,14+;/m0./s1. The zero-order valence-corrected chi connectivity index (χ0v) is 16.2. The molecule has 0 saturated carbocycles. The van der Waals surface area contributed by atoms with Gasteiger partial charge < -0.3 is 15.9 Å². The summed E-state index contributed by atoms with van der Waals surface area (Å²) in [4.78, 5) is 0. The molecule has 0 aliphatic rings. The van der Waals surface area contributed by atoms with Gasteiger partial charge in [-0.15, -0.1) is 12.4 Å². The Morgan fingerprint density at radius 2 is 1.57 bits per heavy atom. The van der Waals surface area contributed by atoms with Crippen molar-refractivity contribution in [2.45, 2.75) is 18.6 Å². The average molecular weight is 532 g/mol. The van der Waals surface area contributed by atoms with Crippen LogP contribution >= 0.6 is 57.6 Å². The van der Waals surface area contributed by atoms with E-state index < -0.39 is 12.1 Å². The number of aliphatic hydroxyl groups is 1. The Kier molecular flexibility index (Phi) is 7.69. The largest absolute Gasteiger partial charge is 0.506 e. The second-order valence-corrected chi connectivity index (χ2v) is 6.94. The molecule has 2 atom stereocenters. The van der Waals surface area contributed by atoms with Crippen LogP contribution in [0.4, 0.5) is 0 Å². The molecular weight excluding hydrogens is 515 g/mol. The number of phenolic OH excluding ortho intramolecular Hbond substituents is 1. The maximum absolute atomic E-state index is 10.3. The van der Waals surface area contributed by atoms with Crippen LogP contribution < -0.4 is 5.73 Å². The molecule has 21 heavy (non-hydrogen) atoms. The number of aliphatic hydroxyl groups excluding tert-OH is 1. The van der Waals surface area contributed by atoms with Gasteiger partial charge in [0.1, 0.15) is 5.75 Å². The van der Waals surface area contributed by atoms with E-state index in [1.54, 1.807) is 0 Å². The van der Waals surface area contributed by atoms with Crippen LogP contribution in [0.15, 0.2) is 42.5 Å². The van der Waals surface area contributed by atoms with E-state index in [1.807, 2.05) is 42.5 Å². The number of nitrogens with two attached hydrogens (primary N) is 1. The molecule has 3 nitrogen and oxygen atoms in total. The van der Waals surface area contributed by atoms with Crippen molar-refractivity contribution >= 4 is 57.6 Å². The number of rotatable bonds is 4. The molecule has 0 fully saturated rings. The van der Waals surface area contributed by atoms with Crippen LogP contribution in [0, 0.1) is 7.14 Å². The summed E-state index contributed by atoms with van der Waals surface area (Å²) >= 11 is 4.13. The highest BCUT2D eigenvalue weighted by Gasteiger charge is 2.19. The van der Waals surface area contributed by atoms with Gasteiger partial charge in [0.25, 0.3) is 0 Å². The van der Waals surface area contributed by atoms with Crippen molar-refractivity contribution < 1.29 is 10.2 Å². The molecule has 2 aromatic rings. The first kappa shape index (κ1) is 19.0. The lowest BCUT2D eigenvalue weighted by atomic mass is 9.97. The van der Waals surface area contributed by atoms with Gasteiger partial charge >= 0.3 is 0 Å². The topological polar surface area (TPSA) is 66.5 Å². The van der Waals surface area contributed by atoms with Crippen molar-refractivity contribution in [3.63, 3.8) is 0 Å². The van der Waals surface area contributed by atoms with Crippen molar-refractivity contribution in [3.8, 4) is 5.75 Å². The number of benzene rings is 2. The molecular formula is C15H16ClI2NO2. The third-order valence-corrected chi connectivity index (χ3v) is 4.77. The Labute approximate surface area is 157 Å². The van der Waals surface area contributed by atoms with Crippen molar-refractivity contribution in [2.75, 3.05) is 0 Å². The highest BCUT2D eigenvalue weighted by molar-refractivity contribution is 14.1. The van der Waals surface area contributed by atoms with Crippen LogP contribution in [0.5, 0.6) is 5.75 Å². The second kappa shape index (κ2) is 8.52. The number of hydrogen-bond acceptors (Lipinski definition) is 3. The van der Waals surface area contributed by atoms with Crippen molar-refractivity contribution in [2.24, 2.45) is 5.73 Å². The molecule has 2 aromatic carbocycles. The first-order valence-electron chi connectivity index (χ1n) is 6.14. The lowest BCUT2D eigenvalue weighted by Crippen LogP contribution is -2.28. The van der Waals surface area contributed by atoms with Gasteiger partial charge in [-0.1, -0.05) is 30.3 Å². The van der Waals surface area contributed by atoms with E-state index in [0.29, 0.717) is 6.42 Å². The predicted molar refractivity (Wildman–Crippen MR) is 104 cm³/mol. The van der Waals surface area contributed by atoms with E-state index in [-0.39, 0.29) is 18.2 Å². The Bertz CT molecular complexity index is 572. The van der Waals surface area contributed by atoms with E-state index in [1.165, 1.54) is 0 Å². The molecule has 0 saturated heterocycles. The summed E-state index contributed by atoms with van der Waals surface area (Å²) in [6.45, 7) is 0.